The fraction of sp³-hybridized carbons (Fsp3) is 0.500. The first kappa shape index (κ1) is 18.0. The number of likely N-dealkylation sites (tertiary alicyclic amines) is 1. The molecule has 3 rings (SSSR count). The molecule has 2 amide bonds. The van der Waals surface area contributed by atoms with Crippen molar-refractivity contribution in [3.63, 3.8) is 0 Å². The van der Waals surface area contributed by atoms with Gasteiger partial charge >= 0.3 is 0 Å². The average molecular weight is 358 g/mol. The topological polar surface area (TPSA) is 52.7 Å². The van der Waals surface area contributed by atoms with Crippen LogP contribution in [0, 0.1) is 5.92 Å². The van der Waals surface area contributed by atoms with Crippen molar-refractivity contribution < 1.29 is 9.59 Å². The molecule has 2 saturated heterocycles. The Kier molecular flexibility index (Phi) is 5.89. The lowest BCUT2D eigenvalue weighted by Gasteiger charge is -2.32. The molecule has 2 aliphatic rings. The maximum atomic E-state index is 12.8. The van der Waals surface area contributed by atoms with Gasteiger partial charge in [0.15, 0.2) is 0 Å². The van der Waals surface area contributed by atoms with Gasteiger partial charge in [0, 0.05) is 44.7 Å². The number of carbonyl (C=O) groups excluding carboxylic acids is 2. The van der Waals surface area contributed by atoms with Crippen LogP contribution in [0.5, 0.6) is 0 Å². The van der Waals surface area contributed by atoms with Crippen LogP contribution in [0.3, 0.4) is 0 Å². The van der Waals surface area contributed by atoms with Gasteiger partial charge in [-0.15, -0.1) is 12.4 Å². The van der Waals surface area contributed by atoms with E-state index in [0.717, 1.165) is 18.7 Å². The molecule has 1 aromatic carbocycles. The summed E-state index contributed by atoms with van der Waals surface area (Å²) in [6, 6.07) is 7.21. The maximum absolute atomic E-state index is 12.8. The van der Waals surface area contributed by atoms with Gasteiger partial charge in [0.05, 0.1) is 12.0 Å². The second kappa shape index (κ2) is 7.51. The number of hydrogen-bond donors (Lipinski definition) is 1. The maximum Gasteiger partial charge on any atom is 0.228 e. The summed E-state index contributed by atoms with van der Waals surface area (Å²) in [5.41, 5.74) is 0.925. The monoisotopic (exact) mass is 357 g/mol. The zero-order chi connectivity index (χ0) is 15.7. The number of piperazine rings is 1. The molecule has 2 unspecified atom stereocenters. The SMILES string of the molecule is CN1C(=O)CC(C(=O)N2CCNCC2)C1c1cccc(Cl)c1.Cl. The van der Waals surface area contributed by atoms with E-state index in [1.807, 2.05) is 23.1 Å². The van der Waals surface area contributed by atoms with Gasteiger partial charge in [-0.3, -0.25) is 9.59 Å². The summed E-state index contributed by atoms with van der Waals surface area (Å²) in [6.45, 7) is 3.03. The molecular formula is C16H21Cl2N3O2. The molecule has 5 nitrogen and oxygen atoms in total. The molecule has 7 heteroatoms. The van der Waals surface area contributed by atoms with Gasteiger partial charge in [0.25, 0.3) is 0 Å². The minimum atomic E-state index is -0.325. The molecular weight excluding hydrogens is 337 g/mol. The van der Waals surface area contributed by atoms with Crippen molar-refractivity contribution in [2.45, 2.75) is 12.5 Å². The van der Waals surface area contributed by atoms with Crippen molar-refractivity contribution in [1.82, 2.24) is 15.1 Å². The Morgan fingerprint density at radius 3 is 2.65 bits per heavy atom. The summed E-state index contributed by atoms with van der Waals surface area (Å²) in [5.74, 6) is -0.239. The Morgan fingerprint density at radius 1 is 1.30 bits per heavy atom. The molecule has 1 aromatic rings. The molecule has 0 spiro atoms. The zero-order valence-electron chi connectivity index (χ0n) is 13.0. The number of nitrogens with one attached hydrogen (secondary N) is 1. The van der Waals surface area contributed by atoms with Crippen LogP contribution in [0.1, 0.15) is 18.0 Å². The molecule has 0 aromatic heterocycles. The summed E-state index contributed by atoms with van der Waals surface area (Å²) in [7, 11) is 1.76. The van der Waals surface area contributed by atoms with Gasteiger partial charge in [-0.1, -0.05) is 23.7 Å². The van der Waals surface area contributed by atoms with Crippen LogP contribution in [0.4, 0.5) is 0 Å². The van der Waals surface area contributed by atoms with E-state index in [4.69, 9.17) is 11.6 Å². The third-order valence-electron chi connectivity index (χ3n) is 4.52. The second-order valence-electron chi connectivity index (χ2n) is 5.89. The number of rotatable bonds is 2. The number of amides is 2. The van der Waals surface area contributed by atoms with E-state index in [9.17, 15) is 9.59 Å². The smallest absolute Gasteiger partial charge is 0.228 e. The third-order valence-corrected chi connectivity index (χ3v) is 4.76. The number of hydrogen-bond acceptors (Lipinski definition) is 3. The van der Waals surface area contributed by atoms with Crippen molar-refractivity contribution in [3.05, 3.63) is 34.9 Å². The minimum absolute atomic E-state index is 0. The first-order chi connectivity index (χ1) is 10.6. The van der Waals surface area contributed by atoms with E-state index in [1.54, 1.807) is 18.0 Å². The minimum Gasteiger partial charge on any atom is -0.340 e. The first-order valence-corrected chi connectivity index (χ1v) is 7.96. The quantitative estimate of drug-likeness (QED) is 0.876. The Bertz CT molecular complexity index is 590. The highest BCUT2D eigenvalue weighted by atomic mass is 35.5. The second-order valence-corrected chi connectivity index (χ2v) is 6.33. The van der Waals surface area contributed by atoms with E-state index >= 15 is 0 Å². The lowest BCUT2D eigenvalue weighted by molar-refractivity contribution is -0.137. The normalized spacial score (nSPS) is 24.5. The zero-order valence-corrected chi connectivity index (χ0v) is 14.6. The van der Waals surface area contributed by atoms with Crippen molar-refractivity contribution >= 4 is 35.8 Å². The molecule has 126 valence electrons. The molecule has 2 fully saturated rings. The Hall–Kier alpha value is -1.30. The van der Waals surface area contributed by atoms with Gasteiger partial charge in [0.2, 0.25) is 11.8 Å². The van der Waals surface area contributed by atoms with Gasteiger partial charge in [-0.25, -0.2) is 0 Å². The average Bonchev–Trinajstić information content (AvgIpc) is 2.83. The highest BCUT2D eigenvalue weighted by Crippen LogP contribution is 2.38. The van der Waals surface area contributed by atoms with E-state index in [1.165, 1.54) is 0 Å². The lowest BCUT2D eigenvalue weighted by Crippen LogP contribution is -2.49. The summed E-state index contributed by atoms with van der Waals surface area (Å²) < 4.78 is 0. The molecule has 0 radical (unpaired) electrons. The molecule has 0 aliphatic carbocycles. The molecule has 2 atom stereocenters. The van der Waals surface area contributed by atoms with Crippen LogP contribution in [0.15, 0.2) is 24.3 Å². The van der Waals surface area contributed by atoms with Gasteiger partial charge < -0.3 is 15.1 Å². The third kappa shape index (κ3) is 3.62. The van der Waals surface area contributed by atoms with Crippen LogP contribution >= 0.6 is 24.0 Å². The summed E-state index contributed by atoms with van der Waals surface area (Å²) in [6.07, 6.45) is 0.274. The Labute approximate surface area is 147 Å². The first-order valence-electron chi connectivity index (χ1n) is 7.58. The fourth-order valence-electron chi connectivity index (χ4n) is 3.36. The largest absolute Gasteiger partial charge is 0.340 e. The number of halogens is 2. The van der Waals surface area contributed by atoms with Crippen molar-refractivity contribution in [2.75, 3.05) is 33.2 Å². The van der Waals surface area contributed by atoms with Crippen molar-refractivity contribution in [1.29, 1.82) is 0 Å². The van der Waals surface area contributed by atoms with Crippen LogP contribution in [-0.4, -0.2) is 54.8 Å². The van der Waals surface area contributed by atoms with Crippen LogP contribution in [-0.2, 0) is 9.59 Å². The van der Waals surface area contributed by atoms with Crippen molar-refractivity contribution in [3.8, 4) is 0 Å². The van der Waals surface area contributed by atoms with Crippen LogP contribution in [0.25, 0.3) is 0 Å². The predicted octanol–water partition coefficient (Wildman–Crippen LogP) is 1.71. The molecule has 2 heterocycles. The lowest BCUT2D eigenvalue weighted by atomic mass is 9.92. The molecule has 0 bridgehead atoms. The van der Waals surface area contributed by atoms with Crippen molar-refractivity contribution in [2.24, 2.45) is 5.92 Å². The highest BCUT2D eigenvalue weighted by Gasteiger charge is 2.44. The van der Waals surface area contributed by atoms with Gasteiger partial charge in [-0.05, 0) is 17.7 Å². The standard InChI is InChI=1S/C16H20ClN3O2.ClH/c1-19-14(21)10-13(16(22)20-7-5-18-6-8-20)15(19)11-3-2-4-12(17)9-11;/h2-4,9,13,15,18H,5-8,10H2,1H3;1H. The number of carbonyl (C=O) groups is 2. The fourth-order valence-corrected chi connectivity index (χ4v) is 3.56. The van der Waals surface area contributed by atoms with E-state index in [0.29, 0.717) is 18.1 Å². The van der Waals surface area contributed by atoms with E-state index in [-0.39, 0.29) is 42.6 Å². The van der Waals surface area contributed by atoms with Gasteiger partial charge in [-0.2, -0.15) is 0 Å². The summed E-state index contributed by atoms with van der Waals surface area (Å²) >= 11 is 6.08. The predicted molar refractivity (Wildman–Crippen MR) is 91.8 cm³/mol. The molecule has 1 N–H and O–H groups in total. The number of benzene rings is 1. The van der Waals surface area contributed by atoms with Crippen LogP contribution < -0.4 is 5.32 Å². The van der Waals surface area contributed by atoms with E-state index in [2.05, 4.69) is 5.32 Å². The highest BCUT2D eigenvalue weighted by molar-refractivity contribution is 6.30. The van der Waals surface area contributed by atoms with Crippen LogP contribution in [0.2, 0.25) is 5.02 Å². The number of nitrogens with zero attached hydrogens (tertiary/aromatic N) is 2. The molecule has 23 heavy (non-hydrogen) atoms. The summed E-state index contributed by atoms with van der Waals surface area (Å²) in [4.78, 5) is 28.5. The van der Waals surface area contributed by atoms with Gasteiger partial charge in [0.1, 0.15) is 0 Å². The molecule has 2 aliphatic heterocycles. The summed E-state index contributed by atoms with van der Waals surface area (Å²) in [5, 5.41) is 3.86. The Morgan fingerprint density at radius 2 is 2.00 bits per heavy atom. The van der Waals surface area contributed by atoms with E-state index < -0.39 is 0 Å². The Balaban J connectivity index is 0.00000192. The molecule has 0 saturated carbocycles.